The van der Waals surface area contributed by atoms with Crippen LogP contribution in [0.25, 0.3) is 5.70 Å². The highest BCUT2D eigenvalue weighted by molar-refractivity contribution is 6.30. The summed E-state index contributed by atoms with van der Waals surface area (Å²) in [6.07, 6.45) is 1.99. The van der Waals surface area contributed by atoms with Crippen LogP contribution in [0.5, 0.6) is 0 Å². The van der Waals surface area contributed by atoms with E-state index in [-0.39, 0.29) is 44.6 Å². The molecule has 0 amide bonds. The zero-order valence-electron chi connectivity index (χ0n) is 25.3. The van der Waals surface area contributed by atoms with Gasteiger partial charge in [0.15, 0.2) is 5.72 Å². The number of ether oxygens (including phenoxy) is 2. The molecule has 1 saturated heterocycles. The first-order valence-corrected chi connectivity index (χ1v) is 15.2. The number of allylic oxidation sites excluding steroid dienone is 1. The number of nitrogens with zero attached hydrogens (tertiary/aromatic N) is 3. The molecule has 3 aliphatic rings. The predicted octanol–water partition coefficient (Wildman–Crippen LogP) is 5.81. The lowest BCUT2D eigenvalue weighted by Crippen LogP contribution is -2.53. The first-order chi connectivity index (χ1) is 21.3. The fourth-order valence-corrected chi connectivity index (χ4v) is 6.58. The third-order valence-electron chi connectivity index (χ3n) is 9.11. The average Bonchev–Trinajstić information content (AvgIpc) is 3.24. The highest BCUT2D eigenvalue weighted by Crippen LogP contribution is 2.53. The number of dihydropyridines is 1. The SMILES string of the molecule is C=C1c2cc(CC(C)(O)C3(F)CCOCC3)cc(F)c2C(OCC(O)CF)(c2ccc(Cl)cc2)N1CC1(C)CC=C(C#N)C=N1. The number of aliphatic hydroxyl groups excluding tert-OH is 1. The van der Waals surface area contributed by atoms with Crippen molar-refractivity contribution in [3.63, 3.8) is 0 Å². The molecule has 3 aliphatic heterocycles. The van der Waals surface area contributed by atoms with Crippen LogP contribution >= 0.6 is 11.6 Å². The standard InChI is InChI=1S/C34H37ClF3N3O4/c1-22-28-14-24(16-32(3,43)33(38)10-12-44-13-11-33)15-29(37)30(28)34(45-20-27(42)17-36,25-4-6-26(35)7-5-25)41(22)21-31(2)9-8-23(18-39)19-40-31/h4-8,14-15,19,27,42-43H,1,9-13,16-17,20-21H2,2-3H3. The van der Waals surface area contributed by atoms with Crippen LogP contribution in [0.15, 0.2) is 59.6 Å². The molecule has 240 valence electrons. The van der Waals surface area contributed by atoms with E-state index in [0.717, 1.165) is 0 Å². The molecule has 1 fully saturated rings. The van der Waals surface area contributed by atoms with E-state index in [9.17, 15) is 19.9 Å². The molecule has 0 radical (unpaired) electrons. The first kappa shape index (κ1) is 33.2. The summed E-state index contributed by atoms with van der Waals surface area (Å²) in [6, 6.07) is 11.6. The lowest BCUT2D eigenvalue weighted by molar-refractivity contribution is -0.137. The van der Waals surface area contributed by atoms with Crippen LogP contribution in [0.1, 0.15) is 55.4 Å². The lowest BCUT2D eigenvalue weighted by atomic mass is 9.76. The van der Waals surface area contributed by atoms with Gasteiger partial charge in [0.2, 0.25) is 0 Å². The zero-order chi connectivity index (χ0) is 32.6. The molecule has 0 bridgehead atoms. The maximum atomic E-state index is 16.7. The second-order valence-electron chi connectivity index (χ2n) is 12.6. The van der Waals surface area contributed by atoms with Crippen LogP contribution < -0.4 is 0 Å². The molecule has 45 heavy (non-hydrogen) atoms. The number of halogens is 4. The van der Waals surface area contributed by atoms with Crippen molar-refractivity contribution < 1.29 is 32.9 Å². The van der Waals surface area contributed by atoms with Crippen molar-refractivity contribution in [2.45, 2.75) is 68.2 Å². The molecule has 0 aliphatic carbocycles. The minimum Gasteiger partial charge on any atom is -0.388 e. The predicted molar refractivity (Wildman–Crippen MR) is 166 cm³/mol. The highest BCUT2D eigenvalue weighted by atomic mass is 35.5. The van der Waals surface area contributed by atoms with E-state index in [1.165, 1.54) is 19.2 Å². The maximum Gasteiger partial charge on any atom is 0.197 e. The van der Waals surface area contributed by atoms with Crippen molar-refractivity contribution in [2.75, 3.05) is 33.0 Å². The molecule has 0 saturated carbocycles. The van der Waals surface area contributed by atoms with Crippen LogP contribution in [0.2, 0.25) is 5.02 Å². The van der Waals surface area contributed by atoms with Crippen LogP contribution in [0.4, 0.5) is 13.2 Å². The monoisotopic (exact) mass is 643 g/mol. The van der Waals surface area contributed by atoms with Gasteiger partial charge in [-0.15, -0.1) is 0 Å². The zero-order valence-corrected chi connectivity index (χ0v) is 26.1. The summed E-state index contributed by atoms with van der Waals surface area (Å²) in [6.45, 7) is 6.52. The highest BCUT2D eigenvalue weighted by Gasteiger charge is 2.54. The largest absolute Gasteiger partial charge is 0.388 e. The number of alkyl halides is 2. The normalized spacial score (nSPS) is 26.2. The summed E-state index contributed by atoms with van der Waals surface area (Å²) in [4.78, 5) is 6.37. The van der Waals surface area contributed by atoms with E-state index in [1.54, 1.807) is 41.3 Å². The van der Waals surface area contributed by atoms with Crippen LogP contribution in [0.3, 0.4) is 0 Å². The topological polar surface area (TPSA) is 98.3 Å². The summed E-state index contributed by atoms with van der Waals surface area (Å²) in [5.74, 6) is -0.713. The molecule has 7 nitrogen and oxygen atoms in total. The Morgan fingerprint density at radius 2 is 1.96 bits per heavy atom. The summed E-state index contributed by atoms with van der Waals surface area (Å²) < 4.78 is 57.8. The van der Waals surface area contributed by atoms with Gasteiger partial charge in [-0.1, -0.05) is 36.4 Å². The van der Waals surface area contributed by atoms with E-state index >= 15 is 8.78 Å². The van der Waals surface area contributed by atoms with Gasteiger partial charge in [-0.2, -0.15) is 5.26 Å². The van der Waals surface area contributed by atoms with E-state index in [1.807, 2.05) is 6.92 Å². The minimum atomic E-state index is -1.92. The second kappa shape index (κ2) is 12.5. The summed E-state index contributed by atoms with van der Waals surface area (Å²) in [5.41, 5.74) is -4.31. The Bertz CT molecular complexity index is 1550. The third-order valence-corrected chi connectivity index (χ3v) is 9.36. The molecule has 2 aromatic carbocycles. The summed E-state index contributed by atoms with van der Waals surface area (Å²) in [7, 11) is 0. The molecule has 0 aromatic heterocycles. The molecule has 3 heterocycles. The molecule has 4 atom stereocenters. The fraction of sp³-hybridized carbons (Fsp3) is 0.471. The minimum absolute atomic E-state index is 0.0133. The van der Waals surface area contributed by atoms with E-state index < -0.39 is 47.7 Å². The Morgan fingerprint density at radius 3 is 2.56 bits per heavy atom. The quantitative estimate of drug-likeness (QED) is 0.339. The van der Waals surface area contributed by atoms with E-state index in [2.05, 4.69) is 17.6 Å². The number of fused-ring (bicyclic) bond motifs is 1. The van der Waals surface area contributed by atoms with Gasteiger partial charge >= 0.3 is 0 Å². The Hall–Kier alpha value is -3.20. The summed E-state index contributed by atoms with van der Waals surface area (Å²) >= 11 is 6.22. The Balaban J connectivity index is 1.65. The smallest absolute Gasteiger partial charge is 0.197 e. The number of nitriles is 1. The van der Waals surface area contributed by atoms with E-state index in [0.29, 0.717) is 39.4 Å². The third kappa shape index (κ3) is 6.17. The Labute approximate surface area is 266 Å². The van der Waals surface area contributed by atoms with Crippen LogP contribution in [-0.2, 0) is 21.6 Å². The van der Waals surface area contributed by atoms with Crippen molar-refractivity contribution >= 4 is 23.5 Å². The van der Waals surface area contributed by atoms with Crippen LogP contribution in [0, 0.1) is 17.1 Å². The average molecular weight is 644 g/mol. The molecule has 0 spiro atoms. The number of aliphatic hydroxyl groups is 2. The molecule has 2 N–H and O–H groups in total. The maximum absolute atomic E-state index is 16.7. The lowest BCUT2D eigenvalue weighted by Gasteiger charge is -2.44. The van der Waals surface area contributed by atoms with Crippen LogP contribution in [-0.4, -0.2) is 77.3 Å². The van der Waals surface area contributed by atoms with Gasteiger partial charge in [0.05, 0.1) is 28.9 Å². The molecular weight excluding hydrogens is 607 g/mol. The van der Waals surface area contributed by atoms with Crippen molar-refractivity contribution in [1.82, 2.24) is 4.90 Å². The van der Waals surface area contributed by atoms with Gasteiger partial charge in [0.1, 0.15) is 30.3 Å². The molecule has 2 aromatic rings. The number of rotatable bonds is 10. The number of benzene rings is 2. The van der Waals surface area contributed by atoms with Gasteiger partial charge in [-0.05, 0) is 50.1 Å². The van der Waals surface area contributed by atoms with Gasteiger partial charge in [0, 0.05) is 67.1 Å². The van der Waals surface area contributed by atoms with E-state index in [4.69, 9.17) is 21.1 Å². The molecule has 11 heteroatoms. The number of hydrogen-bond acceptors (Lipinski definition) is 7. The molecule has 5 rings (SSSR count). The number of aliphatic imine (C=N–C) groups is 1. The van der Waals surface area contributed by atoms with Gasteiger partial charge in [-0.25, -0.2) is 13.2 Å². The van der Waals surface area contributed by atoms with Crippen molar-refractivity contribution in [1.29, 1.82) is 5.26 Å². The fourth-order valence-electron chi connectivity index (χ4n) is 6.46. The van der Waals surface area contributed by atoms with Gasteiger partial charge < -0.3 is 24.6 Å². The Kier molecular flexibility index (Phi) is 9.24. The first-order valence-electron chi connectivity index (χ1n) is 14.9. The summed E-state index contributed by atoms with van der Waals surface area (Å²) in [5, 5.41) is 31.4. The molecular formula is C34H37ClF3N3O4. The van der Waals surface area contributed by atoms with Crippen molar-refractivity contribution in [3.05, 3.63) is 87.7 Å². The van der Waals surface area contributed by atoms with Crippen molar-refractivity contribution in [2.24, 2.45) is 4.99 Å². The van der Waals surface area contributed by atoms with Gasteiger partial charge in [0.25, 0.3) is 0 Å². The van der Waals surface area contributed by atoms with Crippen molar-refractivity contribution in [3.8, 4) is 6.07 Å². The molecule has 4 unspecified atom stereocenters. The Morgan fingerprint density at radius 1 is 1.27 bits per heavy atom. The second-order valence-corrected chi connectivity index (χ2v) is 13.0. The van der Waals surface area contributed by atoms with Gasteiger partial charge in [-0.3, -0.25) is 4.99 Å². The number of hydrogen-bond donors (Lipinski definition) is 2.